The second-order valence-electron chi connectivity index (χ2n) is 8.29. The van der Waals surface area contributed by atoms with E-state index in [1.165, 1.54) is 28.9 Å². The molecule has 6 heteroatoms. The number of amides is 1. The molecular weight excluding hydrogens is 398 g/mol. The first-order chi connectivity index (χ1) is 14.6. The van der Waals surface area contributed by atoms with Gasteiger partial charge in [0, 0.05) is 23.6 Å². The average Bonchev–Trinajstić information content (AvgIpc) is 3.52. The number of ketones is 1. The van der Waals surface area contributed by atoms with E-state index in [1.807, 2.05) is 35.7 Å². The number of Topliss-reactive ketones (excluding diaryl/α,β-unsaturated/α-hetero) is 1. The van der Waals surface area contributed by atoms with Gasteiger partial charge in [0.2, 0.25) is 0 Å². The van der Waals surface area contributed by atoms with E-state index in [2.05, 4.69) is 0 Å². The third-order valence-electron chi connectivity index (χ3n) is 6.40. The smallest absolute Gasteiger partial charge is 0.295 e. The van der Waals surface area contributed by atoms with Crippen LogP contribution in [0.5, 0.6) is 0 Å². The fourth-order valence-electron chi connectivity index (χ4n) is 4.85. The van der Waals surface area contributed by atoms with E-state index in [4.69, 9.17) is 4.74 Å². The van der Waals surface area contributed by atoms with Gasteiger partial charge in [0.1, 0.15) is 5.76 Å². The van der Waals surface area contributed by atoms with Crippen molar-refractivity contribution >= 4 is 28.8 Å². The third-order valence-corrected chi connectivity index (χ3v) is 7.32. The number of aliphatic hydroxyl groups is 1. The van der Waals surface area contributed by atoms with Gasteiger partial charge in [-0.15, -0.1) is 11.3 Å². The highest BCUT2D eigenvalue weighted by atomic mass is 32.1. The first kappa shape index (κ1) is 19.5. The van der Waals surface area contributed by atoms with Gasteiger partial charge in [0.05, 0.1) is 17.7 Å². The van der Waals surface area contributed by atoms with Crippen molar-refractivity contribution in [2.24, 2.45) is 0 Å². The number of hydrogen-bond donors (Lipinski definition) is 1. The Hall–Kier alpha value is -2.44. The summed E-state index contributed by atoms with van der Waals surface area (Å²) in [5.41, 5.74) is 3.35. The van der Waals surface area contributed by atoms with E-state index in [0.717, 1.165) is 37.0 Å². The van der Waals surface area contributed by atoms with E-state index >= 15 is 0 Å². The zero-order chi connectivity index (χ0) is 20.7. The van der Waals surface area contributed by atoms with Gasteiger partial charge in [-0.3, -0.25) is 9.59 Å². The Kier molecular flexibility index (Phi) is 5.21. The molecule has 0 bridgehead atoms. The van der Waals surface area contributed by atoms with Gasteiger partial charge in [0.15, 0.2) is 0 Å². The van der Waals surface area contributed by atoms with Gasteiger partial charge < -0.3 is 14.7 Å². The minimum atomic E-state index is -0.610. The molecule has 2 atom stereocenters. The second kappa shape index (κ2) is 8.00. The Morgan fingerprint density at radius 2 is 1.97 bits per heavy atom. The van der Waals surface area contributed by atoms with Crippen LogP contribution in [0.2, 0.25) is 0 Å². The molecule has 2 aliphatic heterocycles. The summed E-state index contributed by atoms with van der Waals surface area (Å²) in [6, 6.07) is 9.17. The number of carbonyl (C=O) groups is 2. The van der Waals surface area contributed by atoms with Crippen molar-refractivity contribution < 1.29 is 19.4 Å². The lowest BCUT2D eigenvalue weighted by atomic mass is 9.89. The van der Waals surface area contributed by atoms with Gasteiger partial charge in [-0.1, -0.05) is 18.2 Å². The number of carbonyl (C=O) groups excluding carboxylic acids is 2. The van der Waals surface area contributed by atoms with Gasteiger partial charge in [-0.2, -0.15) is 0 Å². The summed E-state index contributed by atoms with van der Waals surface area (Å²) in [6.45, 7) is 1.06. The summed E-state index contributed by atoms with van der Waals surface area (Å²) >= 11 is 1.49. The Bertz CT molecular complexity index is 1000. The fourth-order valence-corrected chi connectivity index (χ4v) is 5.70. The lowest BCUT2D eigenvalue weighted by molar-refractivity contribution is -0.140. The monoisotopic (exact) mass is 423 g/mol. The number of hydrogen-bond acceptors (Lipinski definition) is 5. The number of aliphatic hydroxyl groups excluding tert-OH is 1. The second-order valence-corrected chi connectivity index (χ2v) is 9.27. The lowest BCUT2D eigenvalue weighted by Crippen LogP contribution is -2.36. The van der Waals surface area contributed by atoms with Crippen LogP contribution in [0, 0.1) is 0 Å². The quantitative estimate of drug-likeness (QED) is 0.454. The van der Waals surface area contributed by atoms with E-state index in [9.17, 15) is 14.7 Å². The number of rotatable bonds is 4. The molecule has 2 saturated heterocycles. The van der Waals surface area contributed by atoms with Gasteiger partial charge in [0.25, 0.3) is 11.7 Å². The van der Waals surface area contributed by atoms with Gasteiger partial charge in [-0.25, -0.2) is 0 Å². The average molecular weight is 424 g/mol. The number of nitrogens with zero attached hydrogens (tertiary/aromatic N) is 1. The molecule has 5 rings (SSSR count). The molecule has 0 saturated carbocycles. The van der Waals surface area contributed by atoms with Crippen molar-refractivity contribution in [3.05, 3.63) is 62.9 Å². The van der Waals surface area contributed by atoms with Crippen LogP contribution < -0.4 is 0 Å². The zero-order valence-electron chi connectivity index (χ0n) is 16.8. The Balaban J connectivity index is 1.57. The molecule has 1 N–H and O–H groups in total. The highest BCUT2D eigenvalue weighted by Gasteiger charge is 2.47. The van der Waals surface area contributed by atoms with Crippen LogP contribution in [0.25, 0.3) is 5.76 Å². The SMILES string of the molecule is O=C1C(=O)N(CC2CCCO2)C(c2cccs2)/C1=C(/O)c1ccc2c(c1)CCCC2. The number of fused-ring (bicyclic) bond motifs is 1. The molecule has 30 heavy (non-hydrogen) atoms. The summed E-state index contributed by atoms with van der Waals surface area (Å²) in [5, 5.41) is 13.1. The number of likely N-dealkylation sites (tertiary alicyclic amines) is 1. The lowest BCUT2D eigenvalue weighted by Gasteiger charge is -2.26. The summed E-state index contributed by atoms with van der Waals surface area (Å²) < 4.78 is 5.73. The molecule has 0 spiro atoms. The Labute approximate surface area is 180 Å². The first-order valence-electron chi connectivity index (χ1n) is 10.7. The van der Waals surface area contributed by atoms with Crippen LogP contribution in [0.1, 0.15) is 53.3 Å². The molecule has 1 aromatic heterocycles. The maximum atomic E-state index is 13.1. The fraction of sp³-hybridized carbons (Fsp3) is 0.417. The summed E-state index contributed by atoms with van der Waals surface area (Å²) in [5.74, 6) is -1.24. The van der Waals surface area contributed by atoms with Crippen LogP contribution in [-0.2, 0) is 27.2 Å². The first-order valence-corrected chi connectivity index (χ1v) is 11.6. The topological polar surface area (TPSA) is 66.8 Å². The standard InChI is InChI=1S/C24H25NO4S/c26-22(17-10-9-15-5-1-2-6-16(15)13-17)20-21(19-8-4-12-30-19)25(24(28)23(20)27)14-18-7-3-11-29-18/h4,8-10,12-13,18,21,26H,1-3,5-7,11,14H2/b22-20-. The summed E-state index contributed by atoms with van der Waals surface area (Å²) in [6.07, 6.45) is 6.14. The minimum Gasteiger partial charge on any atom is -0.507 e. The van der Waals surface area contributed by atoms with Crippen molar-refractivity contribution in [2.45, 2.75) is 50.7 Å². The maximum absolute atomic E-state index is 13.1. The number of benzene rings is 1. The number of ether oxygens (including phenoxy) is 1. The Morgan fingerprint density at radius 3 is 2.70 bits per heavy atom. The highest BCUT2D eigenvalue weighted by Crippen LogP contribution is 2.42. The molecule has 156 valence electrons. The Morgan fingerprint density at radius 1 is 1.13 bits per heavy atom. The van der Waals surface area contributed by atoms with Crippen molar-refractivity contribution in [3.8, 4) is 0 Å². The van der Waals surface area contributed by atoms with Crippen molar-refractivity contribution in [3.63, 3.8) is 0 Å². The van der Waals surface area contributed by atoms with Crippen LogP contribution in [-0.4, -0.2) is 41.0 Å². The largest absolute Gasteiger partial charge is 0.507 e. The normalized spacial score (nSPS) is 25.7. The van der Waals surface area contributed by atoms with Gasteiger partial charge >= 0.3 is 0 Å². The van der Waals surface area contributed by atoms with Crippen LogP contribution in [0.3, 0.4) is 0 Å². The summed E-state index contributed by atoms with van der Waals surface area (Å²) in [7, 11) is 0. The van der Waals surface area contributed by atoms with E-state index < -0.39 is 17.7 Å². The molecule has 0 radical (unpaired) electrons. The van der Waals surface area contributed by atoms with Crippen molar-refractivity contribution in [1.29, 1.82) is 0 Å². The third kappa shape index (κ3) is 3.38. The van der Waals surface area contributed by atoms with Crippen LogP contribution in [0.4, 0.5) is 0 Å². The molecule has 3 aliphatic rings. The molecule has 1 aromatic carbocycles. The molecule has 2 aromatic rings. The molecule has 1 amide bonds. The predicted molar refractivity (Wildman–Crippen MR) is 115 cm³/mol. The van der Waals surface area contributed by atoms with Crippen LogP contribution in [0.15, 0.2) is 41.3 Å². The van der Waals surface area contributed by atoms with Crippen LogP contribution >= 0.6 is 11.3 Å². The molecular formula is C24H25NO4S. The zero-order valence-corrected chi connectivity index (χ0v) is 17.6. The molecule has 5 nitrogen and oxygen atoms in total. The van der Waals surface area contributed by atoms with Crippen molar-refractivity contribution in [2.75, 3.05) is 13.2 Å². The molecule has 2 unspecified atom stereocenters. The molecule has 3 heterocycles. The van der Waals surface area contributed by atoms with E-state index in [-0.39, 0.29) is 17.4 Å². The van der Waals surface area contributed by atoms with Gasteiger partial charge in [-0.05, 0) is 67.2 Å². The molecule has 1 aliphatic carbocycles. The number of thiophene rings is 1. The predicted octanol–water partition coefficient (Wildman–Crippen LogP) is 4.23. The highest BCUT2D eigenvalue weighted by molar-refractivity contribution is 7.10. The van der Waals surface area contributed by atoms with Crippen molar-refractivity contribution in [1.82, 2.24) is 4.90 Å². The number of aryl methyl sites for hydroxylation is 2. The minimum absolute atomic E-state index is 0.0607. The molecule has 2 fully saturated rings. The summed E-state index contributed by atoms with van der Waals surface area (Å²) in [4.78, 5) is 28.5. The maximum Gasteiger partial charge on any atom is 0.295 e. The van der Waals surface area contributed by atoms with E-state index in [0.29, 0.717) is 18.7 Å². The van der Waals surface area contributed by atoms with E-state index in [1.54, 1.807) is 4.90 Å².